The molecule has 3 atom stereocenters. The number of aromatic nitrogens is 4. The molecular weight excluding hydrogens is 390 g/mol. The third kappa shape index (κ3) is 4.02. The summed E-state index contributed by atoms with van der Waals surface area (Å²) in [5, 5.41) is 14.5. The van der Waals surface area contributed by atoms with Gasteiger partial charge < -0.3 is 19.6 Å². The van der Waals surface area contributed by atoms with E-state index in [1.165, 1.54) is 0 Å². The maximum Gasteiger partial charge on any atom is 0.220 e. The van der Waals surface area contributed by atoms with Crippen molar-refractivity contribution < 1.29 is 9.90 Å². The molecule has 1 aliphatic carbocycles. The van der Waals surface area contributed by atoms with Gasteiger partial charge in [-0.05, 0) is 44.4 Å². The van der Waals surface area contributed by atoms with Gasteiger partial charge >= 0.3 is 0 Å². The van der Waals surface area contributed by atoms with E-state index in [2.05, 4.69) is 15.3 Å². The summed E-state index contributed by atoms with van der Waals surface area (Å²) in [4.78, 5) is 21.4. The number of halogens is 1. The van der Waals surface area contributed by atoms with Crippen molar-refractivity contribution in [1.29, 1.82) is 0 Å². The van der Waals surface area contributed by atoms with E-state index in [1.54, 1.807) is 6.20 Å². The van der Waals surface area contributed by atoms with Gasteiger partial charge in [0.2, 0.25) is 5.91 Å². The second kappa shape index (κ2) is 8.16. The van der Waals surface area contributed by atoms with Crippen LogP contribution in [0.4, 0.5) is 0 Å². The van der Waals surface area contributed by atoms with Crippen LogP contribution in [-0.4, -0.2) is 42.3 Å². The number of aliphatic hydroxyl groups is 1. The van der Waals surface area contributed by atoms with E-state index in [1.807, 2.05) is 47.5 Å². The highest BCUT2D eigenvalue weighted by atomic mass is 35.5. The zero-order valence-corrected chi connectivity index (χ0v) is 17.4. The van der Waals surface area contributed by atoms with E-state index < -0.39 is 6.10 Å². The molecule has 8 heteroatoms. The highest BCUT2D eigenvalue weighted by Gasteiger charge is 2.34. The maximum atomic E-state index is 12.6. The minimum atomic E-state index is -0.626. The molecule has 0 bridgehead atoms. The molecule has 0 radical (unpaired) electrons. The Morgan fingerprint density at radius 3 is 2.97 bits per heavy atom. The Balaban J connectivity index is 1.38. The molecule has 2 aromatic heterocycles. The van der Waals surface area contributed by atoms with Crippen LogP contribution in [0.15, 0.2) is 30.6 Å². The minimum Gasteiger partial charge on any atom is -0.389 e. The molecule has 154 valence electrons. The number of aliphatic hydroxyl groups excluding tert-OH is 1. The van der Waals surface area contributed by atoms with Crippen LogP contribution >= 0.6 is 11.6 Å². The zero-order chi connectivity index (χ0) is 20.5. The van der Waals surface area contributed by atoms with Crippen LogP contribution in [0.5, 0.6) is 0 Å². The zero-order valence-electron chi connectivity index (χ0n) is 16.7. The van der Waals surface area contributed by atoms with E-state index in [-0.39, 0.29) is 18.0 Å². The van der Waals surface area contributed by atoms with E-state index in [0.717, 1.165) is 41.9 Å². The average Bonchev–Trinajstić information content (AvgIpc) is 3.25. The molecule has 1 fully saturated rings. The quantitative estimate of drug-likeness (QED) is 0.671. The van der Waals surface area contributed by atoms with Crippen LogP contribution in [0, 0.1) is 6.92 Å². The van der Waals surface area contributed by atoms with Gasteiger partial charge in [0.25, 0.3) is 0 Å². The van der Waals surface area contributed by atoms with Crippen molar-refractivity contribution in [3.63, 3.8) is 0 Å². The molecule has 0 unspecified atom stereocenters. The number of aryl methyl sites for hydroxylation is 3. The van der Waals surface area contributed by atoms with Gasteiger partial charge in [0.1, 0.15) is 11.6 Å². The van der Waals surface area contributed by atoms with Crippen molar-refractivity contribution >= 4 is 28.5 Å². The maximum absolute atomic E-state index is 12.6. The fraction of sp³-hybridized carbons (Fsp3) is 0.476. The van der Waals surface area contributed by atoms with Gasteiger partial charge in [-0.1, -0.05) is 11.6 Å². The molecule has 0 aliphatic heterocycles. The summed E-state index contributed by atoms with van der Waals surface area (Å²) >= 11 is 6.05. The summed E-state index contributed by atoms with van der Waals surface area (Å²) in [5.74, 6) is 1.65. The fourth-order valence-corrected chi connectivity index (χ4v) is 4.47. The predicted octanol–water partition coefficient (Wildman–Crippen LogP) is 2.94. The Labute approximate surface area is 174 Å². The Morgan fingerprint density at radius 1 is 1.38 bits per heavy atom. The number of nitrogens with zero attached hydrogens (tertiary/aromatic N) is 4. The lowest BCUT2D eigenvalue weighted by Crippen LogP contribution is -2.49. The normalized spacial score (nSPS) is 22.1. The van der Waals surface area contributed by atoms with Gasteiger partial charge in [-0.3, -0.25) is 4.79 Å². The highest BCUT2D eigenvalue weighted by molar-refractivity contribution is 6.31. The highest BCUT2D eigenvalue weighted by Crippen LogP contribution is 2.30. The van der Waals surface area contributed by atoms with Crippen molar-refractivity contribution in [3.05, 3.63) is 47.3 Å². The number of hydrogen-bond acceptors (Lipinski definition) is 4. The van der Waals surface area contributed by atoms with Gasteiger partial charge in [0.15, 0.2) is 0 Å². The van der Waals surface area contributed by atoms with Crippen LogP contribution in [0.2, 0.25) is 5.02 Å². The van der Waals surface area contributed by atoms with Gasteiger partial charge in [0.05, 0.1) is 29.2 Å². The van der Waals surface area contributed by atoms with Crippen LogP contribution in [0.25, 0.3) is 11.0 Å². The van der Waals surface area contributed by atoms with Crippen molar-refractivity contribution in [2.24, 2.45) is 7.05 Å². The fourth-order valence-electron chi connectivity index (χ4n) is 4.31. The van der Waals surface area contributed by atoms with Crippen LogP contribution < -0.4 is 5.32 Å². The minimum absolute atomic E-state index is 0.0545. The molecular formula is C21H26ClN5O2. The van der Waals surface area contributed by atoms with Crippen LogP contribution in [0.3, 0.4) is 0 Å². The lowest BCUT2D eigenvalue weighted by Gasteiger charge is -2.36. The molecule has 2 heterocycles. The first kappa shape index (κ1) is 19.9. The predicted molar refractivity (Wildman–Crippen MR) is 112 cm³/mol. The van der Waals surface area contributed by atoms with Gasteiger partial charge in [0, 0.05) is 37.3 Å². The molecule has 29 heavy (non-hydrogen) atoms. The summed E-state index contributed by atoms with van der Waals surface area (Å²) < 4.78 is 4.00. The number of carbonyl (C=O) groups excluding carboxylic acids is 1. The van der Waals surface area contributed by atoms with Crippen LogP contribution in [-0.2, 0) is 18.3 Å². The Morgan fingerprint density at radius 2 is 2.21 bits per heavy atom. The lowest BCUT2D eigenvalue weighted by molar-refractivity contribution is -0.123. The first-order valence-corrected chi connectivity index (χ1v) is 10.4. The molecule has 0 spiro atoms. The number of fused-ring (bicyclic) bond motifs is 1. The van der Waals surface area contributed by atoms with Crippen molar-refractivity contribution in [3.8, 4) is 0 Å². The number of imidazole rings is 2. The summed E-state index contributed by atoms with van der Waals surface area (Å²) in [6.45, 7) is 1.93. The number of rotatable bonds is 5. The molecule has 1 amide bonds. The molecule has 0 saturated heterocycles. The van der Waals surface area contributed by atoms with Crippen molar-refractivity contribution in [2.45, 2.75) is 57.2 Å². The number of benzene rings is 1. The summed E-state index contributed by atoms with van der Waals surface area (Å²) in [5.41, 5.74) is 1.82. The topological polar surface area (TPSA) is 85.0 Å². The van der Waals surface area contributed by atoms with Gasteiger partial charge in [-0.2, -0.15) is 0 Å². The van der Waals surface area contributed by atoms with E-state index in [4.69, 9.17) is 11.6 Å². The number of hydrogen-bond donors (Lipinski definition) is 2. The van der Waals surface area contributed by atoms with Gasteiger partial charge in [-0.25, -0.2) is 9.97 Å². The third-order valence-corrected chi connectivity index (χ3v) is 6.13. The van der Waals surface area contributed by atoms with Crippen molar-refractivity contribution in [1.82, 2.24) is 24.4 Å². The molecule has 3 aromatic rings. The number of nitrogens with one attached hydrogen (secondary N) is 1. The second-order valence-electron chi connectivity index (χ2n) is 7.76. The molecule has 2 N–H and O–H groups in total. The first-order chi connectivity index (χ1) is 13.9. The molecule has 1 aromatic carbocycles. The number of carbonyl (C=O) groups is 1. The summed E-state index contributed by atoms with van der Waals surface area (Å²) in [7, 11) is 1.94. The number of amides is 1. The largest absolute Gasteiger partial charge is 0.389 e. The van der Waals surface area contributed by atoms with Crippen molar-refractivity contribution in [2.75, 3.05) is 0 Å². The standard InChI is InChI=1S/C21H26ClN5O2/c1-13-23-10-11-27(13)18-5-3-4-15(21(18)29)25-20(28)9-8-19-24-16-12-14(22)6-7-17(16)26(19)2/h6-7,10-12,15,18,21,29H,3-5,8-9H2,1-2H3,(H,25,28)/t15-,18-,21-/m1/s1. The Kier molecular flexibility index (Phi) is 5.61. The smallest absolute Gasteiger partial charge is 0.220 e. The Hall–Kier alpha value is -2.38. The molecule has 1 saturated carbocycles. The monoisotopic (exact) mass is 415 g/mol. The SMILES string of the molecule is Cc1nccn1[C@@H]1CCC[C@@H](NC(=O)CCc2nc3cc(Cl)ccc3n2C)[C@H]1O. The molecule has 4 rings (SSSR count). The van der Waals surface area contributed by atoms with E-state index >= 15 is 0 Å². The van der Waals surface area contributed by atoms with E-state index in [9.17, 15) is 9.90 Å². The van der Waals surface area contributed by atoms with E-state index in [0.29, 0.717) is 17.9 Å². The summed E-state index contributed by atoms with van der Waals surface area (Å²) in [6.07, 6.45) is 6.48. The van der Waals surface area contributed by atoms with Gasteiger partial charge in [-0.15, -0.1) is 0 Å². The molecule has 7 nitrogen and oxygen atoms in total. The summed E-state index contributed by atoms with van der Waals surface area (Å²) in [6, 6.07) is 5.30. The lowest BCUT2D eigenvalue weighted by atomic mass is 9.87. The molecule has 1 aliphatic rings. The van der Waals surface area contributed by atoms with Crippen LogP contribution in [0.1, 0.15) is 43.4 Å². The third-order valence-electron chi connectivity index (χ3n) is 5.90. The Bertz CT molecular complexity index is 1030. The first-order valence-electron chi connectivity index (χ1n) is 10.0. The second-order valence-corrected chi connectivity index (χ2v) is 8.20. The average molecular weight is 416 g/mol.